The predicted molar refractivity (Wildman–Crippen MR) is 118 cm³/mol. The Morgan fingerprint density at radius 2 is 1.88 bits per heavy atom. The highest BCUT2D eigenvalue weighted by molar-refractivity contribution is 7.96. The van der Waals surface area contributed by atoms with Gasteiger partial charge in [-0.2, -0.15) is 13.2 Å². The summed E-state index contributed by atoms with van der Waals surface area (Å²) in [7, 11) is -7.51. The Morgan fingerprint density at radius 3 is 2.47 bits per heavy atom. The van der Waals surface area contributed by atoms with Gasteiger partial charge in [-0.1, -0.05) is 13.5 Å². The zero-order chi connectivity index (χ0) is 25.1. The normalized spacial score (nSPS) is 15.4. The molecule has 34 heavy (non-hydrogen) atoms. The second-order valence-corrected chi connectivity index (χ2v) is 12.2. The van der Waals surface area contributed by atoms with E-state index in [1.165, 1.54) is 30.7 Å². The van der Waals surface area contributed by atoms with Crippen LogP contribution in [0.1, 0.15) is 31.2 Å². The molecule has 0 N–H and O–H groups in total. The molecule has 0 spiro atoms. The van der Waals surface area contributed by atoms with Crippen LogP contribution in [-0.4, -0.2) is 52.0 Å². The fraction of sp³-hybridized carbons (Fsp3) is 0.350. The van der Waals surface area contributed by atoms with Crippen molar-refractivity contribution in [3.63, 3.8) is 0 Å². The van der Waals surface area contributed by atoms with Crippen LogP contribution in [0.3, 0.4) is 0 Å². The number of halogens is 3. The number of pyridine rings is 1. The fourth-order valence-corrected chi connectivity index (χ4v) is 5.91. The van der Waals surface area contributed by atoms with E-state index in [2.05, 4.69) is 21.6 Å². The van der Waals surface area contributed by atoms with Gasteiger partial charge in [0.05, 0.1) is 21.5 Å². The molecule has 0 aromatic carbocycles. The number of fused-ring (bicyclic) bond motifs is 1. The summed E-state index contributed by atoms with van der Waals surface area (Å²) in [5, 5.41) is 3.24. The third-order valence-corrected chi connectivity index (χ3v) is 9.28. The zero-order valence-electron chi connectivity index (χ0n) is 18.1. The summed E-state index contributed by atoms with van der Waals surface area (Å²) in [6.07, 6.45) is -0.301. The first-order valence-corrected chi connectivity index (χ1v) is 13.3. The maximum atomic E-state index is 13.0. The van der Waals surface area contributed by atoms with E-state index in [1.54, 1.807) is 0 Å². The van der Waals surface area contributed by atoms with Gasteiger partial charge in [-0.3, -0.25) is 4.57 Å². The highest BCUT2D eigenvalue weighted by Gasteiger charge is 2.37. The van der Waals surface area contributed by atoms with Crippen molar-refractivity contribution in [3.05, 3.63) is 47.3 Å². The molecule has 14 heteroatoms. The van der Waals surface area contributed by atoms with Crippen molar-refractivity contribution in [1.29, 1.82) is 0 Å². The molecule has 182 valence electrons. The summed E-state index contributed by atoms with van der Waals surface area (Å²) in [5.74, 6) is -0.318. The van der Waals surface area contributed by atoms with Crippen LogP contribution in [0.5, 0.6) is 0 Å². The lowest BCUT2D eigenvalue weighted by molar-refractivity contribution is -0.137. The van der Waals surface area contributed by atoms with Crippen molar-refractivity contribution >= 4 is 31.5 Å². The van der Waals surface area contributed by atoms with Crippen LogP contribution in [-0.2, 0) is 25.9 Å². The van der Waals surface area contributed by atoms with Gasteiger partial charge in [-0.15, -0.1) is 5.10 Å². The molecule has 3 heterocycles. The molecule has 1 aliphatic carbocycles. The van der Waals surface area contributed by atoms with Gasteiger partial charge in [0.15, 0.2) is 30.3 Å². The van der Waals surface area contributed by atoms with E-state index < -0.39 is 36.7 Å². The van der Waals surface area contributed by atoms with Crippen LogP contribution in [0.4, 0.5) is 13.2 Å². The average molecular weight is 516 g/mol. The number of sulfone groups is 2. The first kappa shape index (κ1) is 24.1. The average Bonchev–Trinajstić information content (AvgIpc) is 3.45. The van der Waals surface area contributed by atoms with Crippen LogP contribution in [0.2, 0.25) is 0 Å². The molecule has 3 aromatic heterocycles. The summed E-state index contributed by atoms with van der Waals surface area (Å²) >= 11 is 0. The van der Waals surface area contributed by atoms with Gasteiger partial charge in [0, 0.05) is 12.4 Å². The Morgan fingerprint density at radius 1 is 1.21 bits per heavy atom. The molecule has 0 bridgehead atoms. The quantitative estimate of drug-likeness (QED) is 0.444. The topological polar surface area (TPSA) is 116 Å². The second kappa shape index (κ2) is 8.05. The third-order valence-electron chi connectivity index (χ3n) is 5.33. The van der Waals surface area contributed by atoms with E-state index in [1.807, 2.05) is 0 Å². The molecule has 0 aliphatic heterocycles. The summed E-state index contributed by atoms with van der Waals surface area (Å²) < 4.78 is 91.8. The van der Waals surface area contributed by atoms with Gasteiger partial charge < -0.3 is 0 Å². The van der Waals surface area contributed by atoms with E-state index in [-0.39, 0.29) is 38.7 Å². The molecule has 1 fully saturated rings. The monoisotopic (exact) mass is 515 g/mol. The third kappa shape index (κ3) is 4.27. The second-order valence-electron chi connectivity index (χ2n) is 7.77. The number of nitrogens with zero attached hydrogens (tertiary/aromatic N) is 5. The number of allylic oxidation sites excluding steroid dienone is 1. The molecular formula is C20H20F3N5O4S2. The molecule has 3 aromatic rings. The summed E-state index contributed by atoms with van der Waals surface area (Å²) in [5.41, 5.74) is -1.04. The molecule has 1 saturated carbocycles. The van der Waals surface area contributed by atoms with Crippen LogP contribution < -0.4 is 0 Å². The van der Waals surface area contributed by atoms with Crippen LogP contribution in [0.25, 0.3) is 23.4 Å². The number of rotatable bonds is 7. The Balaban J connectivity index is 1.84. The van der Waals surface area contributed by atoms with Crippen molar-refractivity contribution < 1.29 is 30.0 Å². The number of hydrogen-bond donors (Lipinski definition) is 0. The minimum Gasteiger partial charge on any atom is -0.294 e. The van der Waals surface area contributed by atoms with Gasteiger partial charge in [0.25, 0.3) is 0 Å². The molecule has 9 nitrogen and oxygen atoms in total. The Bertz CT molecular complexity index is 1550. The molecule has 1 aliphatic rings. The Kier molecular flexibility index (Phi) is 5.71. The van der Waals surface area contributed by atoms with Crippen molar-refractivity contribution in [1.82, 2.24) is 24.1 Å². The first-order valence-electron chi connectivity index (χ1n) is 10.1. The molecule has 0 atom stereocenters. The number of imidazole rings is 1. The van der Waals surface area contributed by atoms with Crippen molar-refractivity contribution in [2.45, 2.75) is 43.1 Å². The number of hydrogen-bond acceptors (Lipinski definition) is 7. The molecule has 0 amide bonds. The highest BCUT2D eigenvalue weighted by atomic mass is 32.2. The Hall–Kier alpha value is -3.00. The van der Waals surface area contributed by atoms with Gasteiger partial charge >= 0.3 is 6.18 Å². The predicted octanol–water partition coefficient (Wildman–Crippen LogP) is 3.28. The SMILES string of the molecule is C=C(/C=C\n1c(C)nc(-c2nc3ccc(C(F)(F)F)cn3n2)c1S(=O)(=O)CC)S(=O)(=O)C1CC1. The minimum absolute atomic E-state index is 0.0643. The summed E-state index contributed by atoms with van der Waals surface area (Å²) in [6, 6.07) is 1.96. The highest BCUT2D eigenvalue weighted by Crippen LogP contribution is 2.34. The molecule has 4 rings (SSSR count). The Labute approximate surface area is 193 Å². The maximum Gasteiger partial charge on any atom is 0.417 e. The van der Waals surface area contributed by atoms with E-state index in [4.69, 9.17) is 0 Å². The van der Waals surface area contributed by atoms with Gasteiger partial charge in [0.2, 0.25) is 5.82 Å². The van der Waals surface area contributed by atoms with Crippen molar-refractivity contribution in [3.8, 4) is 11.5 Å². The van der Waals surface area contributed by atoms with Crippen LogP contribution in [0, 0.1) is 6.92 Å². The number of aryl methyl sites for hydroxylation is 1. The summed E-state index contributed by atoms with van der Waals surface area (Å²) in [6.45, 7) is 6.50. The first-order chi connectivity index (χ1) is 15.8. The van der Waals surface area contributed by atoms with E-state index in [0.29, 0.717) is 12.8 Å². The zero-order valence-corrected chi connectivity index (χ0v) is 19.7. The lowest BCUT2D eigenvalue weighted by Gasteiger charge is -2.07. The van der Waals surface area contributed by atoms with Crippen molar-refractivity contribution in [2.75, 3.05) is 5.75 Å². The molecule has 0 unspecified atom stereocenters. The molecule has 0 saturated heterocycles. The summed E-state index contributed by atoms with van der Waals surface area (Å²) in [4.78, 5) is 8.23. The van der Waals surface area contributed by atoms with Crippen LogP contribution in [0.15, 0.2) is 40.9 Å². The number of aromatic nitrogens is 5. The fourth-order valence-electron chi connectivity index (χ4n) is 3.28. The lowest BCUT2D eigenvalue weighted by Crippen LogP contribution is -2.11. The smallest absolute Gasteiger partial charge is 0.294 e. The minimum atomic E-state index is -4.59. The molecular weight excluding hydrogens is 495 g/mol. The standard InChI is InChI=1S/C20H20F3N5O4S2/c1-4-33(29,30)19-17(18-25-16-8-5-14(20(21,22)23)11-28(16)26-18)24-13(3)27(19)10-9-12(2)34(31,32)15-6-7-15/h5,8-11,15H,2,4,6-7H2,1,3H3/b10-9-. The van der Waals surface area contributed by atoms with Crippen molar-refractivity contribution in [2.24, 2.45) is 0 Å². The van der Waals surface area contributed by atoms with E-state index >= 15 is 0 Å². The van der Waals surface area contributed by atoms with E-state index in [0.717, 1.165) is 22.8 Å². The van der Waals surface area contributed by atoms with E-state index in [9.17, 15) is 30.0 Å². The molecule has 0 radical (unpaired) electrons. The maximum absolute atomic E-state index is 13.0. The largest absolute Gasteiger partial charge is 0.417 e. The van der Waals surface area contributed by atoms with Gasteiger partial charge in [0.1, 0.15) is 11.5 Å². The van der Waals surface area contributed by atoms with Gasteiger partial charge in [-0.25, -0.2) is 31.3 Å². The number of alkyl halides is 3. The van der Waals surface area contributed by atoms with Crippen LogP contribution >= 0.6 is 0 Å². The van der Waals surface area contributed by atoms with Gasteiger partial charge in [-0.05, 0) is 38.0 Å². The lowest BCUT2D eigenvalue weighted by atomic mass is 10.3.